The average Bonchev–Trinajstić information content (AvgIpc) is 2.78. The van der Waals surface area contributed by atoms with Gasteiger partial charge in [-0.25, -0.2) is 4.98 Å². The second kappa shape index (κ2) is 9.78. The number of pyridine rings is 1. The fourth-order valence-corrected chi connectivity index (χ4v) is 3.43. The molecule has 0 N–H and O–H groups in total. The second-order valence-corrected chi connectivity index (χ2v) is 6.84. The summed E-state index contributed by atoms with van der Waals surface area (Å²) in [6.07, 6.45) is 3.52. The van der Waals surface area contributed by atoms with E-state index in [1.54, 1.807) is 43.6 Å². The summed E-state index contributed by atoms with van der Waals surface area (Å²) >= 11 is 0. The SMILES string of the molecule is CCOc1ncccc1C(=O)N1CCCC(COc2ccc(C#N)cc2OC)C1. The van der Waals surface area contributed by atoms with Gasteiger partial charge in [-0.3, -0.25) is 4.79 Å². The lowest BCUT2D eigenvalue weighted by Gasteiger charge is -2.33. The highest BCUT2D eigenvalue weighted by atomic mass is 16.5. The van der Waals surface area contributed by atoms with Gasteiger partial charge in [0.15, 0.2) is 11.5 Å². The molecular weight excluding hydrogens is 370 g/mol. The summed E-state index contributed by atoms with van der Waals surface area (Å²) in [5.41, 5.74) is 1.01. The first-order chi connectivity index (χ1) is 14.2. The fourth-order valence-electron chi connectivity index (χ4n) is 3.43. The number of nitriles is 1. The maximum atomic E-state index is 13.0. The Balaban J connectivity index is 1.64. The molecule has 1 saturated heterocycles. The number of ether oxygens (including phenoxy) is 3. The molecule has 1 amide bonds. The van der Waals surface area contributed by atoms with Crippen molar-refractivity contribution >= 4 is 5.91 Å². The first-order valence-corrected chi connectivity index (χ1v) is 9.74. The van der Waals surface area contributed by atoms with Crippen molar-refractivity contribution in [3.05, 3.63) is 47.7 Å². The van der Waals surface area contributed by atoms with E-state index in [0.29, 0.717) is 54.8 Å². The highest BCUT2D eigenvalue weighted by Gasteiger charge is 2.27. The number of likely N-dealkylation sites (tertiary alicyclic amines) is 1. The summed E-state index contributed by atoms with van der Waals surface area (Å²) in [5.74, 6) is 1.65. The van der Waals surface area contributed by atoms with Gasteiger partial charge in [0, 0.05) is 31.3 Å². The van der Waals surface area contributed by atoms with Crippen LogP contribution in [-0.2, 0) is 0 Å². The Labute approximate surface area is 170 Å². The molecule has 7 nitrogen and oxygen atoms in total. The number of hydrogen-bond acceptors (Lipinski definition) is 6. The maximum Gasteiger partial charge on any atom is 0.259 e. The molecule has 1 fully saturated rings. The van der Waals surface area contributed by atoms with E-state index in [2.05, 4.69) is 11.1 Å². The van der Waals surface area contributed by atoms with E-state index in [4.69, 9.17) is 19.5 Å². The normalized spacial score (nSPS) is 16.0. The molecule has 0 radical (unpaired) electrons. The molecule has 1 aliphatic rings. The molecule has 2 heterocycles. The molecule has 1 atom stereocenters. The summed E-state index contributed by atoms with van der Waals surface area (Å²) in [6, 6.07) is 10.7. The minimum Gasteiger partial charge on any atom is -0.493 e. The zero-order chi connectivity index (χ0) is 20.6. The number of benzene rings is 1. The van der Waals surface area contributed by atoms with Crippen molar-refractivity contribution in [2.75, 3.05) is 33.4 Å². The molecule has 0 spiro atoms. The standard InChI is InChI=1S/C22H25N3O4/c1-3-28-21-18(7-4-10-24-21)22(26)25-11-5-6-17(14-25)15-29-19-9-8-16(13-23)12-20(19)27-2/h4,7-10,12,17H,3,5-6,11,14-15H2,1-2H3. The third-order valence-corrected chi connectivity index (χ3v) is 4.86. The smallest absolute Gasteiger partial charge is 0.259 e. The Kier molecular flexibility index (Phi) is 6.90. The minimum atomic E-state index is -0.0674. The van der Waals surface area contributed by atoms with Crippen molar-refractivity contribution in [1.82, 2.24) is 9.88 Å². The lowest BCUT2D eigenvalue weighted by molar-refractivity contribution is 0.0627. The monoisotopic (exact) mass is 395 g/mol. The number of nitrogens with zero attached hydrogens (tertiary/aromatic N) is 3. The number of carbonyl (C=O) groups is 1. The predicted molar refractivity (Wildman–Crippen MR) is 107 cm³/mol. The molecule has 3 rings (SSSR count). The van der Waals surface area contributed by atoms with Gasteiger partial charge in [-0.15, -0.1) is 0 Å². The summed E-state index contributed by atoms with van der Waals surface area (Å²) in [4.78, 5) is 19.0. The van der Waals surface area contributed by atoms with E-state index in [-0.39, 0.29) is 11.8 Å². The Bertz CT molecular complexity index is 894. The van der Waals surface area contributed by atoms with Gasteiger partial charge in [-0.1, -0.05) is 0 Å². The van der Waals surface area contributed by atoms with E-state index in [1.165, 1.54) is 0 Å². The van der Waals surface area contributed by atoms with Gasteiger partial charge in [0.05, 0.1) is 32.0 Å². The molecule has 1 aromatic carbocycles. The molecular formula is C22H25N3O4. The number of hydrogen-bond donors (Lipinski definition) is 0. The third-order valence-electron chi connectivity index (χ3n) is 4.86. The van der Waals surface area contributed by atoms with Gasteiger partial charge in [0.2, 0.25) is 5.88 Å². The van der Waals surface area contributed by atoms with Crippen LogP contribution in [-0.4, -0.2) is 49.2 Å². The van der Waals surface area contributed by atoms with Gasteiger partial charge in [0.1, 0.15) is 5.56 Å². The van der Waals surface area contributed by atoms with E-state index < -0.39 is 0 Å². The summed E-state index contributed by atoms with van der Waals surface area (Å²) in [5, 5.41) is 9.01. The molecule has 152 valence electrons. The van der Waals surface area contributed by atoms with E-state index in [0.717, 1.165) is 12.8 Å². The number of rotatable bonds is 7. The largest absolute Gasteiger partial charge is 0.493 e. The molecule has 1 unspecified atom stereocenters. The zero-order valence-corrected chi connectivity index (χ0v) is 16.8. The van der Waals surface area contributed by atoms with Crippen molar-refractivity contribution in [3.63, 3.8) is 0 Å². The summed E-state index contributed by atoms with van der Waals surface area (Å²) in [6.45, 7) is 4.11. The molecule has 0 saturated carbocycles. The molecule has 7 heteroatoms. The predicted octanol–water partition coefficient (Wildman–Crippen LogP) is 3.29. The van der Waals surface area contributed by atoms with Crippen molar-refractivity contribution in [1.29, 1.82) is 5.26 Å². The number of methoxy groups -OCH3 is 1. The van der Waals surface area contributed by atoms with E-state index >= 15 is 0 Å². The number of piperidine rings is 1. The Hall–Kier alpha value is -3.27. The third kappa shape index (κ3) is 4.96. The second-order valence-electron chi connectivity index (χ2n) is 6.84. The summed E-state index contributed by atoms with van der Waals surface area (Å²) in [7, 11) is 1.55. The lowest BCUT2D eigenvalue weighted by Crippen LogP contribution is -2.41. The van der Waals surface area contributed by atoms with Crippen LogP contribution in [0.1, 0.15) is 35.7 Å². The molecule has 1 aromatic heterocycles. The van der Waals surface area contributed by atoms with Crippen LogP contribution in [0.5, 0.6) is 17.4 Å². The van der Waals surface area contributed by atoms with Gasteiger partial charge in [-0.2, -0.15) is 5.26 Å². The fraction of sp³-hybridized carbons (Fsp3) is 0.409. The zero-order valence-electron chi connectivity index (χ0n) is 16.8. The van der Waals surface area contributed by atoms with Crippen LogP contribution >= 0.6 is 0 Å². The van der Waals surface area contributed by atoms with Crippen LogP contribution in [0.4, 0.5) is 0 Å². The topological polar surface area (TPSA) is 84.7 Å². The highest BCUT2D eigenvalue weighted by molar-refractivity contribution is 5.96. The van der Waals surface area contributed by atoms with Gasteiger partial charge in [0.25, 0.3) is 5.91 Å². The van der Waals surface area contributed by atoms with Crippen molar-refractivity contribution < 1.29 is 19.0 Å². The number of aromatic nitrogens is 1. The Morgan fingerprint density at radius 3 is 2.93 bits per heavy atom. The van der Waals surface area contributed by atoms with Gasteiger partial charge >= 0.3 is 0 Å². The number of carbonyl (C=O) groups excluding carboxylic acids is 1. The van der Waals surface area contributed by atoms with Crippen LogP contribution in [0.2, 0.25) is 0 Å². The van der Waals surface area contributed by atoms with Crippen LogP contribution in [0.3, 0.4) is 0 Å². The molecule has 1 aliphatic heterocycles. The first-order valence-electron chi connectivity index (χ1n) is 9.74. The molecule has 0 aliphatic carbocycles. The number of amides is 1. The summed E-state index contributed by atoms with van der Waals surface area (Å²) < 4.78 is 16.8. The van der Waals surface area contributed by atoms with Crippen LogP contribution in [0, 0.1) is 17.2 Å². The Morgan fingerprint density at radius 2 is 2.17 bits per heavy atom. The van der Waals surface area contributed by atoms with E-state index in [1.807, 2.05) is 11.8 Å². The van der Waals surface area contributed by atoms with Gasteiger partial charge in [-0.05, 0) is 44.0 Å². The van der Waals surface area contributed by atoms with Crippen molar-refractivity contribution in [2.45, 2.75) is 19.8 Å². The molecule has 29 heavy (non-hydrogen) atoms. The molecule has 0 bridgehead atoms. The van der Waals surface area contributed by atoms with Crippen LogP contribution in [0.25, 0.3) is 0 Å². The van der Waals surface area contributed by atoms with Crippen LogP contribution < -0.4 is 14.2 Å². The van der Waals surface area contributed by atoms with Crippen molar-refractivity contribution in [2.24, 2.45) is 5.92 Å². The molecule has 2 aromatic rings. The maximum absolute atomic E-state index is 13.0. The minimum absolute atomic E-state index is 0.0674. The van der Waals surface area contributed by atoms with Crippen molar-refractivity contribution in [3.8, 4) is 23.4 Å². The lowest BCUT2D eigenvalue weighted by atomic mass is 9.98. The van der Waals surface area contributed by atoms with Gasteiger partial charge < -0.3 is 19.1 Å². The van der Waals surface area contributed by atoms with E-state index in [9.17, 15) is 4.79 Å². The Morgan fingerprint density at radius 1 is 1.31 bits per heavy atom. The first kappa shape index (κ1) is 20.5. The average molecular weight is 395 g/mol. The highest BCUT2D eigenvalue weighted by Crippen LogP contribution is 2.29. The quantitative estimate of drug-likeness (QED) is 0.715. The van der Waals surface area contributed by atoms with Crippen LogP contribution in [0.15, 0.2) is 36.5 Å².